The maximum Gasteiger partial charge on any atom is 0.341 e. The fraction of sp³-hybridized carbons (Fsp3) is 0.385. The Kier molecular flexibility index (Phi) is 3.69. The molecule has 0 aliphatic rings. The number of aromatic nitrogens is 3. The number of pyridine rings is 1. The van der Waals surface area contributed by atoms with E-state index in [4.69, 9.17) is 9.63 Å². The molecule has 1 N–H and O–H groups in total. The van der Waals surface area contributed by atoms with Crippen LogP contribution in [0.1, 0.15) is 47.5 Å². The summed E-state index contributed by atoms with van der Waals surface area (Å²) in [5.41, 5.74) is -0.231. The molecule has 0 saturated carbocycles. The van der Waals surface area contributed by atoms with E-state index in [0.29, 0.717) is 11.5 Å². The number of nitrogens with zero attached hydrogens (tertiary/aromatic N) is 3. The minimum atomic E-state index is -1.25. The molecule has 2 rings (SSSR count). The molecule has 2 aromatic rings. The van der Waals surface area contributed by atoms with Gasteiger partial charge in [0.15, 0.2) is 5.82 Å². The molecule has 20 heavy (non-hydrogen) atoms. The zero-order chi connectivity index (χ0) is 14.9. The van der Waals surface area contributed by atoms with Gasteiger partial charge >= 0.3 is 5.97 Å². The molecule has 7 nitrogen and oxygen atoms in total. The van der Waals surface area contributed by atoms with Gasteiger partial charge in [-0.15, -0.1) is 0 Å². The predicted molar refractivity (Wildman–Crippen MR) is 69.9 cm³/mol. The summed E-state index contributed by atoms with van der Waals surface area (Å²) in [4.78, 5) is 27.2. The first-order valence-corrected chi connectivity index (χ1v) is 6.16. The summed E-state index contributed by atoms with van der Waals surface area (Å²) in [6.45, 7) is 5.63. The van der Waals surface area contributed by atoms with Crippen molar-refractivity contribution in [3.63, 3.8) is 0 Å². The van der Waals surface area contributed by atoms with E-state index in [1.165, 1.54) is 10.6 Å². The Bertz CT molecular complexity index is 700. The van der Waals surface area contributed by atoms with Gasteiger partial charge in [-0.2, -0.15) is 4.98 Å². The molecule has 0 bridgehead atoms. The fourth-order valence-electron chi connectivity index (χ4n) is 1.73. The van der Waals surface area contributed by atoms with E-state index in [2.05, 4.69) is 10.1 Å². The first kappa shape index (κ1) is 14.0. The molecule has 0 aromatic carbocycles. The van der Waals surface area contributed by atoms with Gasteiger partial charge in [-0.1, -0.05) is 19.0 Å². The zero-order valence-corrected chi connectivity index (χ0v) is 11.5. The van der Waals surface area contributed by atoms with Crippen molar-refractivity contribution in [3.8, 4) is 0 Å². The number of carboxylic acid groups (broad SMARTS) is 1. The van der Waals surface area contributed by atoms with Crippen LogP contribution in [0.15, 0.2) is 21.5 Å². The van der Waals surface area contributed by atoms with Crippen LogP contribution in [-0.2, 0) is 6.54 Å². The van der Waals surface area contributed by atoms with Crippen molar-refractivity contribution < 1.29 is 14.4 Å². The van der Waals surface area contributed by atoms with Crippen LogP contribution in [0.3, 0.4) is 0 Å². The highest BCUT2D eigenvalue weighted by Gasteiger charge is 2.15. The van der Waals surface area contributed by atoms with Crippen molar-refractivity contribution >= 4 is 5.97 Å². The van der Waals surface area contributed by atoms with Gasteiger partial charge in [0.2, 0.25) is 5.89 Å². The molecule has 0 spiro atoms. The van der Waals surface area contributed by atoms with Crippen LogP contribution in [0.25, 0.3) is 0 Å². The van der Waals surface area contributed by atoms with E-state index in [-0.39, 0.29) is 23.9 Å². The molecule has 0 aliphatic heterocycles. The number of carboxylic acids is 1. The maximum absolute atomic E-state index is 12.1. The Morgan fingerprint density at radius 2 is 2.15 bits per heavy atom. The Morgan fingerprint density at radius 1 is 1.45 bits per heavy atom. The van der Waals surface area contributed by atoms with E-state index in [1.54, 1.807) is 13.0 Å². The quantitative estimate of drug-likeness (QED) is 0.907. The smallest absolute Gasteiger partial charge is 0.341 e. The zero-order valence-electron chi connectivity index (χ0n) is 11.5. The molecule has 0 radical (unpaired) electrons. The van der Waals surface area contributed by atoms with E-state index < -0.39 is 11.5 Å². The van der Waals surface area contributed by atoms with Crippen LogP contribution in [0.4, 0.5) is 0 Å². The summed E-state index contributed by atoms with van der Waals surface area (Å²) < 4.78 is 6.38. The summed E-state index contributed by atoms with van der Waals surface area (Å²) in [5, 5.41) is 12.8. The van der Waals surface area contributed by atoms with Gasteiger partial charge < -0.3 is 14.2 Å². The Hall–Kier alpha value is -2.44. The van der Waals surface area contributed by atoms with Crippen LogP contribution < -0.4 is 5.56 Å². The molecule has 0 saturated heterocycles. The van der Waals surface area contributed by atoms with Crippen molar-refractivity contribution in [2.45, 2.75) is 33.2 Å². The number of aromatic carboxylic acids is 1. The molecule has 0 fully saturated rings. The summed E-state index contributed by atoms with van der Waals surface area (Å²) in [5.74, 6) is -0.297. The highest BCUT2D eigenvalue weighted by atomic mass is 16.5. The molecular weight excluding hydrogens is 262 g/mol. The van der Waals surface area contributed by atoms with E-state index in [0.717, 1.165) is 0 Å². The van der Waals surface area contributed by atoms with Gasteiger partial charge in [0.05, 0.1) is 0 Å². The minimum absolute atomic E-state index is 0.0610. The van der Waals surface area contributed by atoms with Gasteiger partial charge in [0.1, 0.15) is 12.1 Å². The second-order valence-corrected chi connectivity index (χ2v) is 4.79. The van der Waals surface area contributed by atoms with Gasteiger partial charge in [-0.25, -0.2) is 4.79 Å². The van der Waals surface area contributed by atoms with Gasteiger partial charge in [0, 0.05) is 11.6 Å². The second-order valence-electron chi connectivity index (χ2n) is 4.79. The lowest BCUT2D eigenvalue weighted by Gasteiger charge is -2.07. The van der Waals surface area contributed by atoms with Crippen LogP contribution in [0, 0.1) is 6.92 Å². The molecule has 2 aromatic heterocycles. The fourth-order valence-corrected chi connectivity index (χ4v) is 1.73. The van der Waals surface area contributed by atoms with E-state index >= 15 is 0 Å². The van der Waals surface area contributed by atoms with Gasteiger partial charge in [0.25, 0.3) is 5.56 Å². The van der Waals surface area contributed by atoms with Gasteiger partial charge in [-0.3, -0.25) is 4.79 Å². The first-order chi connectivity index (χ1) is 9.40. The monoisotopic (exact) mass is 277 g/mol. The summed E-state index contributed by atoms with van der Waals surface area (Å²) in [6, 6.07) is 2.87. The molecule has 0 aliphatic carbocycles. The summed E-state index contributed by atoms with van der Waals surface area (Å²) >= 11 is 0. The maximum atomic E-state index is 12.1. The summed E-state index contributed by atoms with van der Waals surface area (Å²) in [7, 11) is 0. The average Bonchev–Trinajstić information content (AvgIpc) is 2.82. The number of aryl methyl sites for hydroxylation is 1. The third-order valence-corrected chi connectivity index (χ3v) is 2.92. The molecule has 7 heteroatoms. The standard InChI is InChI=1S/C13H15N3O4/c1-7(2)11-14-10(20-15-11)6-16-8(3)4-5-9(12(16)17)13(18)19/h4-5,7H,6H2,1-3H3,(H,18,19). The van der Waals surface area contributed by atoms with Gasteiger partial charge in [-0.05, 0) is 19.1 Å². The lowest BCUT2D eigenvalue weighted by molar-refractivity contribution is 0.0694. The summed E-state index contributed by atoms with van der Waals surface area (Å²) in [6.07, 6.45) is 0. The topological polar surface area (TPSA) is 98.2 Å². The average molecular weight is 277 g/mol. The highest BCUT2D eigenvalue weighted by molar-refractivity contribution is 5.87. The number of rotatable bonds is 4. The van der Waals surface area contributed by atoms with E-state index in [1.807, 2.05) is 13.8 Å². The first-order valence-electron chi connectivity index (χ1n) is 6.16. The van der Waals surface area contributed by atoms with Crippen LogP contribution >= 0.6 is 0 Å². The highest BCUT2D eigenvalue weighted by Crippen LogP contribution is 2.10. The molecule has 2 heterocycles. The SMILES string of the molecule is Cc1ccc(C(=O)O)c(=O)n1Cc1nc(C(C)C)no1. The lowest BCUT2D eigenvalue weighted by atomic mass is 10.2. The normalized spacial score (nSPS) is 11.0. The van der Waals surface area contributed by atoms with E-state index in [9.17, 15) is 9.59 Å². The number of hydrogen-bond acceptors (Lipinski definition) is 5. The number of carbonyl (C=O) groups is 1. The third-order valence-electron chi connectivity index (χ3n) is 2.92. The van der Waals surface area contributed by atoms with Crippen LogP contribution in [0.2, 0.25) is 0 Å². The van der Waals surface area contributed by atoms with Crippen molar-refractivity contribution in [2.24, 2.45) is 0 Å². The third kappa shape index (κ3) is 2.61. The molecule has 0 amide bonds. The largest absolute Gasteiger partial charge is 0.477 e. The van der Waals surface area contributed by atoms with Crippen molar-refractivity contribution in [2.75, 3.05) is 0 Å². The number of hydrogen-bond donors (Lipinski definition) is 1. The lowest BCUT2D eigenvalue weighted by Crippen LogP contribution is -2.28. The van der Waals surface area contributed by atoms with Crippen molar-refractivity contribution in [3.05, 3.63) is 45.5 Å². The molecule has 106 valence electrons. The molecular formula is C13H15N3O4. The van der Waals surface area contributed by atoms with Crippen LogP contribution in [0.5, 0.6) is 0 Å². The van der Waals surface area contributed by atoms with Crippen LogP contribution in [-0.4, -0.2) is 25.8 Å². The van der Waals surface area contributed by atoms with Crippen molar-refractivity contribution in [1.29, 1.82) is 0 Å². The Balaban J connectivity index is 2.40. The molecule has 0 atom stereocenters. The Labute approximate surface area is 114 Å². The minimum Gasteiger partial charge on any atom is -0.477 e. The molecule has 0 unspecified atom stereocenters. The Morgan fingerprint density at radius 3 is 2.70 bits per heavy atom. The second kappa shape index (κ2) is 5.28. The predicted octanol–water partition coefficient (Wildman–Crippen LogP) is 1.41. The van der Waals surface area contributed by atoms with Crippen molar-refractivity contribution in [1.82, 2.24) is 14.7 Å².